The number of carbonyl (C=O) groups excluding carboxylic acids is 1. The molecule has 3 heterocycles. The normalized spacial score (nSPS) is 22.8. The van der Waals surface area contributed by atoms with Gasteiger partial charge < -0.3 is 10.3 Å². The SMILES string of the molecule is CC(C)(C)C(=O)C1=CNC2N=CC(c3c[nH]c4ccccc34)=NC12. The lowest BCUT2D eigenvalue weighted by Gasteiger charge is -2.23. The van der Waals surface area contributed by atoms with E-state index in [-0.39, 0.29) is 18.0 Å². The number of carbonyl (C=O) groups is 1. The largest absolute Gasteiger partial charge is 0.367 e. The molecule has 0 spiro atoms. The Labute approximate surface area is 140 Å². The van der Waals surface area contributed by atoms with Crippen LogP contribution in [0.4, 0.5) is 0 Å². The minimum absolute atomic E-state index is 0.113. The number of H-pyrrole nitrogens is 1. The molecule has 2 aliphatic rings. The van der Waals surface area contributed by atoms with Crippen molar-refractivity contribution < 1.29 is 4.79 Å². The number of fused-ring (bicyclic) bond motifs is 2. The maximum absolute atomic E-state index is 12.7. The van der Waals surface area contributed by atoms with E-state index in [1.165, 1.54) is 0 Å². The average Bonchev–Trinajstić information content (AvgIpc) is 3.16. The first-order valence-corrected chi connectivity index (χ1v) is 8.13. The molecule has 122 valence electrons. The molecule has 0 amide bonds. The third kappa shape index (κ3) is 2.28. The molecule has 0 saturated heterocycles. The Kier molecular flexibility index (Phi) is 3.20. The number of aliphatic imine (C=N–C) groups is 2. The molecule has 5 heteroatoms. The van der Waals surface area contributed by atoms with Crippen molar-refractivity contribution in [2.24, 2.45) is 15.4 Å². The van der Waals surface area contributed by atoms with Crippen LogP contribution in [0.5, 0.6) is 0 Å². The molecular weight excluding hydrogens is 300 g/mol. The smallest absolute Gasteiger partial charge is 0.167 e. The highest BCUT2D eigenvalue weighted by molar-refractivity contribution is 6.41. The summed E-state index contributed by atoms with van der Waals surface area (Å²) in [6, 6.07) is 7.85. The minimum atomic E-state index is -0.431. The van der Waals surface area contributed by atoms with Gasteiger partial charge in [0.1, 0.15) is 12.2 Å². The molecule has 0 saturated carbocycles. The van der Waals surface area contributed by atoms with Crippen molar-refractivity contribution in [3.63, 3.8) is 0 Å². The van der Waals surface area contributed by atoms with E-state index in [0.717, 1.165) is 22.2 Å². The Morgan fingerprint density at radius 3 is 2.79 bits per heavy atom. The summed E-state index contributed by atoms with van der Waals surface area (Å²) in [5, 5.41) is 4.28. The summed E-state index contributed by atoms with van der Waals surface area (Å²) in [4.78, 5) is 25.4. The second kappa shape index (κ2) is 5.16. The predicted octanol–water partition coefficient (Wildman–Crippen LogP) is 2.84. The van der Waals surface area contributed by atoms with Crippen LogP contribution in [0.1, 0.15) is 26.3 Å². The first-order chi connectivity index (χ1) is 11.4. The van der Waals surface area contributed by atoms with Crippen molar-refractivity contribution in [1.29, 1.82) is 0 Å². The summed E-state index contributed by atoms with van der Waals surface area (Å²) in [7, 11) is 0. The van der Waals surface area contributed by atoms with Crippen LogP contribution in [0, 0.1) is 5.41 Å². The van der Waals surface area contributed by atoms with Crippen LogP contribution in [0.2, 0.25) is 0 Å². The first kappa shape index (κ1) is 14.9. The zero-order chi connectivity index (χ0) is 16.9. The molecule has 4 rings (SSSR count). The monoisotopic (exact) mass is 320 g/mol. The van der Waals surface area contributed by atoms with E-state index in [0.29, 0.717) is 5.57 Å². The number of aromatic amines is 1. The van der Waals surface area contributed by atoms with Crippen LogP contribution >= 0.6 is 0 Å². The van der Waals surface area contributed by atoms with Gasteiger partial charge in [0, 0.05) is 46.1 Å². The van der Waals surface area contributed by atoms with Crippen molar-refractivity contribution in [1.82, 2.24) is 10.3 Å². The van der Waals surface area contributed by atoms with Gasteiger partial charge in [-0.15, -0.1) is 0 Å². The van der Waals surface area contributed by atoms with Gasteiger partial charge >= 0.3 is 0 Å². The number of hydrogen-bond donors (Lipinski definition) is 2. The van der Waals surface area contributed by atoms with Gasteiger partial charge in [-0.3, -0.25) is 14.8 Å². The van der Waals surface area contributed by atoms with Crippen LogP contribution < -0.4 is 5.32 Å². The maximum atomic E-state index is 12.7. The summed E-state index contributed by atoms with van der Waals surface area (Å²) in [5.74, 6) is 0.113. The van der Waals surface area contributed by atoms with Crippen molar-refractivity contribution in [2.45, 2.75) is 33.0 Å². The third-order valence-corrected chi connectivity index (χ3v) is 4.47. The second-order valence-corrected chi connectivity index (χ2v) is 7.28. The Morgan fingerprint density at radius 2 is 2.00 bits per heavy atom. The van der Waals surface area contributed by atoms with Gasteiger partial charge in [-0.05, 0) is 6.07 Å². The van der Waals surface area contributed by atoms with Crippen LogP contribution in [-0.2, 0) is 4.79 Å². The zero-order valence-corrected chi connectivity index (χ0v) is 14.0. The number of nitrogens with one attached hydrogen (secondary N) is 2. The van der Waals surface area contributed by atoms with E-state index in [9.17, 15) is 4.79 Å². The van der Waals surface area contributed by atoms with E-state index in [2.05, 4.69) is 21.4 Å². The average molecular weight is 320 g/mol. The van der Waals surface area contributed by atoms with Crippen molar-refractivity contribution >= 4 is 28.6 Å². The van der Waals surface area contributed by atoms with Gasteiger partial charge in [0.15, 0.2) is 5.78 Å². The van der Waals surface area contributed by atoms with Gasteiger partial charge in [-0.2, -0.15) is 0 Å². The molecule has 2 aromatic rings. The molecule has 2 N–H and O–H groups in total. The summed E-state index contributed by atoms with van der Waals surface area (Å²) in [6.07, 6.45) is 5.34. The summed E-state index contributed by atoms with van der Waals surface area (Å²) in [5.41, 5.74) is 3.17. The molecule has 0 radical (unpaired) electrons. The summed E-state index contributed by atoms with van der Waals surface area (Å²) < 4.78 is 0. The van der Waals surface area contributed by atoms with Gasteiger partial charge in [0.05, 0.1) is 5.71 Å². The van der Waals surface area contributed by atoms with Crippen molar-refractivity contribution in [2.75, 3.05) is 0 Å². The van der Waals surface area contributed by atoms with Crippen LogP contribution in [0.25, 0.3) is 10.9 Å². The Balaban J connectivity index is 1.73. The van der Waals surface area contributed by atoms with E-state index in [1.54, 1.807) is 12.4 Å². The Morgan fingerprint density at radius 1 is 1.21 bits per heavy atom. The Hall–Kier alpha value is -2.69. The van der Waals surface area contributed by atoms with Gasteiger partial charge in [0.2, 0.25) is 0 Å². The van der Waals surface area contributed by atoms with E-state index in [4.69, 9.17) is 4.99 Å². The number of ketones is 1. The number of rotatable bonds is 2. The number of nitrogens with zero attached hydrogens (tertiary/aromatic N) is 2. The summed E-state index contributed by atoms with van der Waals surface area (Å²) in [6.45, 7) is 5.79. The molecule has 1 aromatic carbocycles. The lowest BCUT2D eigenvalue weighted by molar-refractivity contribution is -0.122. The minimum Gasteiger partial charge on any atom is -0.367 e. The van der Waals surface area contributed by atoms with Crippen LogP contribution in [-0.4, -0.2) is 34.9 Å². The highest BCUT2D eigenvalue weighted by Gasteiger charge is 2.38. The van der Waals surface area contributed by atoms with Crippen molar-refractivity contribution in [3.05, 3.63) is 47.8 Å². The molecule has 0 fully saturated rings. The highest BCUT2D eigenvalue weighted by Crippen LogP contribution is 2.30. The number of benzene rings is 1. The predicted molar refractivity (Wildman–Crippen MR) is 96.6 cm³/mol. The quantitative estimate of drug-likeness (QED) is 0.893. The van der Waals surface area contributed by atoms with E-state index in [1.807, 2.05) is 45.2 Å². The van der Waals surface area contributed by atoms with E-state index < -0.39 is 5.41 Å². The third-order valence-electron chi connectivity index (χ3n) is 4.47. The fraction of sp³-hybridized carbons (Fsp3) is 0.316. The lowest BCUT2D eigenvalue weighted by atomic mass is 9.84. The number of aromatic nitrogens is 1. The highest BCUT2D eigenvalue weighted by atomic mass is 16.1. The molecule has 24 heavy (non-hydrogen) atoms. The standard InChI is InChI=1S/C19H20N4O/c1-19(2,3)17(24)13-9-21-18-16(13)23-15(10-22-18)12-8-20-14-7-5-4-6-11(12)14/h4-10,16,18,20-21H,1-3H3. The molecular formula is C19H20N4O. The molecule has 0 aliphatic carbocycles. The number of Topliss-reactive ketones (excluding diaryl/α,β-unsaturated/α-hetero) is 1. The molecule has 5 nitrogen and oxygen atoms in total. The molecule has 2 unspecified atom stereocenters. The molecule has 0 bridgehead atoms. The fourth-order valence-electron chi connectivity index (χ4n) is 3.18. The van der Waals surface area contributed by atoms with Gasteiger partial charge in [-0.25, -0.2) is 0 Å². The van der Waals surface area contributed by atoms with Gasteiger partial charge in [-0.1, -0.05) is 39.0 Å². The van der Waals surface area contributed by atoms with Crippen molar-refractivity contribution in [3.8, 4) is 0 Å². The molecule has 2 atom stereocenters. The summed E-state index contributed by atoms with van der Waals surface area (Å²) >= 11 is 0. The number of para-hydroxylation sites is 1. The maximum Gasteiger partial charge on any atom is 0.167 e. The molecule has 2 aliphatic heterocycles. The van der Waals surface area contributed by atoms with E-state index >= 15 is 0 Å². The first-order valence-electron chi connectivity index (χ1n) is 8.13. The van der Waals surface area contributed by atoms with Gasteiger partial charge in [0.25, 0.3) is 0 Å². The Bertz CT molecular complexity index is 911. The van der Waals surface area contributed by atoms with Crippen LogP contribution in [0.3, 0.4) is 0 Å². The fourth-order valence-corrected chi connectivity index (χ4v) is 3.18. The lowest BCUT2D eigenvalue weighted by Crippen LogP contribution is -2.36. The van der Waals surface area contributed by atoms with Crippen LogP contribution in [0.15, 0.2) is 52.2 Å². The molecule has 1 aromatic heterocycles. The topological polar surface area (TPSA) is 69.6 Å². The number of hydrogen-bond acceptors (Lipinski definition) is 4. The second-order valence-electron chi connectivity index (χ2n) is 7.28. The zero-order valence-electron chi connectivity index (χ0n) is 14.0.